The quantitative estimate of drug-likeness (QED) is 0.530. The van der Waals surface area contributed by atoms with Crippen LogP contribution in [0.3, 0.4) is 0 Å². The van der Waals surface area contributed by atoms with Gasteiger partial charge in [0, 0.05) is 19.4 Å². The van der Waals surface area contributed by atoms with Crippen LogP contribution < -0.4 is 5.32 Å². The molecule has 0 aromatic heterocycles. The number of unbranched alkanes of at least 4 members (excludes halogenated alkanes) is 4. The first kappa shape index (κ1) is 20.1. The second kappa shape index (κ2) is 12.8. The molecule has 0 saturated carbocycles. The monoisotopic (exact) mass is 299 g/mol. The van der Waals surface area contributed by atoms with Crippen LogP contribution in [0.15, 0.2) is 0 Å². The molecule has 0 rings (SSSR count). The molecule has 0 atom stereocenters. The van der Waals surface area contributed by atoms with Gasteiger partial charge in [0.15, 0.2) is 5.78 Å². The van der Waals surface area contributed by atoms with Crippen molar-refractivity contribution in [2.75, 3.05) is 13.2 Å². The van der Waals surface area contributed by atoms with Gasteiger partial charge in [0.1, 0.15) is 0 Å². The van der Waals surface area contributed by atoms with Gasteiger partial charge in [0.2, 0.25) is 5.91 Å². The van der Waals surface area contributed by atoms with Crippen LogP contribution in [-0.4, -0.2) is 30.9 Å². The number of ketones is 1. The number of carbonyl (C=O) groups excluding carboxylic acids is 2. The van der Waals surface area contributed by atoms with Crippen LogP contribution in [-0.2, 0) is 14.3 Å². The Morgan fingerprint density at radius 2 is 1.57 bits per heavy atom. The number of hydrogen-bond acceptors (Lipinski definition) is 3. The first-order chi connectivity index (χ1) is 9.91. The van der Waals surface area contributed by atoms with E-state index in [0.29, 0.717) is 24.9 Å². The Morgan fingerprint density at radius 1 is 0.952 bits per heavy atom. The van der Waals surface area contributed by atoms with E-state index < -0.39 is 0 Å². The van der Waals surface area contributed by atoms with Crippen LogP contribution in [0.5, 0.6) is 0 Å². The highest BCUT2D eigenvalue weighted by molar-refractivity contribution is 5.85. The normalized spacial score (nSPS) is 11.1. The number of nitrogens with one attached hydrogen (secondary N) is 1. The topological polar surface area (TPSA) is 55.4 Å². The van der Waals surface area contributed by atoms with E-state index in [1.54, 1.807) is 0 Å². The molecule has 4 nitrogen and oxygen atoms in total. The lowest BCUT2D eigenvalue weighted by Gasteiger charge is -2.07. The Bertz CT molecular complexity index is 288. The van der Waals surface area contributed by atoms with Crippen LogP contribution in [0.25, 0.3) is 0 Å². The molecule has 0 spiro atoms. The molecular weight excluding hydrogens is 266 g/mol. The first-order valence-electron chi connectivity index (χ1n) is 8.31. The molecular formula is C17H33NO3. The molecule has 21 heavy (non-hydrogen) atoms. The third-order valence-electron chi connectivity index (χ3n) is 3.13. The fraction of sp³-hybridized carbons (Fsp3) is 0.882. The van der Waals surface area contributed by atoms with Crippen LogP contribution >= 0.6 is 0 Å². The number of Topliss-reactive ketones (excluding diaryl/α,β-unsaturated/α-hetero) is 1. The molecule has 0 aliphatic rings. The lowest BCUT2D eigenvalue weighted by atomic mass is 10.1. The molecule has 0 aromatic rings. The summed E-state index contributed by atoms with van der Waals surface area (Å²) < 4.78 is 5.47. The molecule has 0 saturated heterocycles. The predicted molar refractivity (Wildman–Crippen MR) is 86.3 cm³/mol. The number of ether oxygens (including phenoxy) is 1. The maximum absolute atomic E-state index is 11.6. The van der Waals surface area contributed by atoms with Crippen LogP contribution in [0.4, 0.5) is 0 Å². The maximum Gasteiger partial charge on any atom is 0.220 e. The van der Waals surface area contributed by atoms with Crippen molar-refractivity contribution in [1.82, 2.24) is 5.32 Å². The zero-order valence-corrected chi connectivity index (χ0v) is 14.2. The van der Waals surface area contributed by atoms with Crippen molar-refractivity contribution in [3.05, 3.63) is 0 Å². The summed E-state index contributed by atoms with van der Waals surface area (Å²) >= 11 is 0. The average Bonchev–Trinajstić information content (AvgIpc) is 2.38. The summed E-state index contributed by atoms with van der Waals surface area (Å²) in [5.41, 5.74) is 0. The molecule has 0 bridgehead atoms. The second-order valence-corrected chi connectivity index (χ2v) is 6.35. The summed E-state index contributed by atoms with van der Waals surface area (Å²) in [6.45, 7) is 9.10. The summed E-state index contributed by atoms with van der Waals surface area (Å²) in [5.74, 6) is 0.443. The van der Waals surface area contributed by atoms with Gasteiger partial charge in [-0.15, -0.1) is 0 Å². The molecule has 0 fully saturated rings. The lowest BCUT2D eigenvalue weighted by Crippen LogP contribution is -2.30. The van der Waals surface area contributed by atoms with Crippen molar-refractivity contribution in [1.29, 1.82) is 0 Å². The molecule has 124 valence electrons. The highest BCUT2D eigenvalue weighted by Gasteiger charge is 2.07. The highest BCUT2D eigenvalue weighted by atomic mass is 16.5. The van der Waals surface area contributed by atoms with Crippen LogP contribution in [0.1, 0.15) is 72.6 Å². The minimum absolute atomic E-state index is 0.0245. The van der Waals surface area contributed by atoms with Gasteiger partial charge in [-0.1, -0.05) is 33.1 Å². The van der Waals surface area contributed by atoms with Gasteiger partial charge in [0.25, 0.3) is 0 Å². The Kier molecular flexibility index (Phi) is 12.3. The maximum atomic E-state index is 11.6. The lowest BCUT2D eigenvalue weighted by molar-refractivity contribution is -0.125. The largest absolute Gasteiger partial charge is 0.379 e. The minimum Gasteiger partial charge on any atom is -0.379 e. The van der Waals surface area contributed by atoms with Crippen molar-refractivity contribution >= 4 is 11.7 Å². The molecule has 4 heteroatoms. The van der Waals surface area contributed by atoms with Crippen molar-refractivity contribution in [2.24, 2.45) is 5.92 Å². The van der Waals surface area contributed by atoms with Gasteiger partial charge >= 0.3 is 0 Å². The van der Waals surface area contributed by atoms with Crippen LogP contribution in [0, 0.1) is 5.92 Å². The summed E-state index contributed by atoms with van der Waals surface area (Å²) in [5, 5.41) is 2.69. The summed E-state index contributed by atoms with van der Waals surface area (Å²) in [6, 6.07) is 0. The zero-order valence-electron chi connectivity index (χ0n) is 14.2. The predicted octanol–water partition coefficient (Wildman–Crippen LogP) is 3.48. The Morgan fingerprint density at radius 3 is 2.19 bits per heavy atom. The van der Waals surface area contributed by atoms with Gasteiger partial charge in [-0.05, 0) is 32.6 Å². The molecule has 0 aromatic carbocycles. The number of hydrogen-bond donors (Lipinski definition) is 1. The number of rotatable bonds is 13. The molecule has 0 unspecified atom stereocenters. The molecule has 1 N–H and O–H groups in total. The molecule has 0 aliphatic carbocycles. The van der Waals surface area contributed by atoms with Crippen molar-refractivity contribution in [2.45, 2.75) is 78.7 Å². The Hall–Kier alpha value is -0.900. The van der Waals surface area contributed by atoms with E-state index in [-0.39, 0.29) is 18.2 Å². The molecule has 1 amide bonds. The van der Waals surface area contributed by atoms with Gasteiger partial charge in [-0.3, -0.25) is 9.59 Å². The fourth-order valence-corrected chi connectivity index (χ4v) is 2.00. The summed E-state index contributed by atoms with van der Waals surface area (Å²) in [4.78, 5) is 23.0. The van der Waals surface area contributed by atoms with E-state index in [4.69, 9.17) is 4.74 Å². The van der Waals surface area contributed by atoms with Crippen LogP contribution in [0.2, 0.25) is 0 Å². The minimum atomic E-state index is -0.0245. The van der Waals surface area contributed by atoms with Gasteiger partial charge in [0.05, 0.1) is 12.6 Å². The van der Waals surface area contributed by atoms with Crippen molar-refractivity contribution < 1.29 is 14.3 Å². The highest BCUT2D eigenvalue weighted by Crippen LogP contribution is 2.06. The third-order valence-corrected chi connectivity index (χ3v) is 3.13. The number of carbonyl (C=O) groups is 2. The smallest absolute Gasteiger partial charge is 0.220 e. The molecule has 0 heterocycles. The van der Waals surface area contributed by atoms with E-state index in [0.717, 1.165) is 38.7 Å². The Balaban J connectivity index is 3.36. The standard InChI is InChI=1S/C17H33NO3/c1-14(2)12-17(20)18-13-16(19)10-8-6-5-7-9-11-21-15(3)4/h14-15H,5-13H2,1-4H3,(H,18,20). The second-order valence-electron chi connectivity index (χ2n) is 6.35. The van der Waals surface area contributed by atoms with Crippen molar-refractivity contribution in [3.8, 4) is 0 Å². The Labute approximate surface area is 130 Å². The van der Waals surface area contributed by atoms with E-state index >= 15 is 0 Å². The van der Waals surface area contributed by atoms with E-state index in [9.17, 15) is 9.59 Å². The first-order valence-corrected chi connectivity index (χ1v) is 8.31. The number of amides is 1. The average molecular weight is 299 g/mol. The fourth-order valence-electron chi connectivity index (χ4n) is 2.00. The van der Waals surface area contributed by atoms with Gasteiger partial charge < -0.3 is 10.1 Å². The van der Waals surface area contributed by atoms with E-state index in [1.165, 1.54) is 0 Å². The van der Waals surface area contributed by atoms with Gasteiger partial charge in [-0.2, -0.15) is 0 Å². The molecule has 0 aliphatic heterocycles. The molecule has 0 radical (unpaired) electrons. The van der Waals surface area contributed by atoms with Gasteiger partial charge in [-0.25, -0.2) is 0 Å². The van der Waals surface area contributed by atoms with E-state index in [1.807, 2.05) is 27.7 Å². The third kappa shape index (κ3) is 15.3. The zero-order chi connectivity index (χ0) is 16.1. The summed E-state index contributed by atoms with van der Waals surface area (Å²) in [6.07, 6.45) is 6.78. The van der Waals surface area contributed by atoms with E-state index in [2.05, 4.69) is 5.32 Å². The van der Waals surface area contributed by atoms with Crippen molar-refractivity contribution in [3.63, 3.8) is 0 Å². The summed E-state index contributed by atoms with van der Waals surface area (Å²) in [7, 11) is 0. The SMILES string of the molecule is CC(C)CC(=O)NCC(=O)CCCCCCCOC(C)C.